The van der Waals surface area contributed by atoms with Crippen LogP contribution in [0.2, 0.25) is 0 Å². The Hall–Kier alpha value is -2.65. The van der Waals surface area contributed by atoms with Crippen LogP contribution in [-0.4, -0.2) is 9.55 Å². The molecule has 114 valence electrons. The molecule has 1 atom stereocenters. The van der Waals surface area contributed by atoms with Gasteiger partial charge in [0.25, 0.3) is 0 Å². The van der Waals surface area contributed by atoms with Gasteiger partial charge in [-0.1, -0.05) is 48.5 Å². The Balaban J connectivity index is 1.83. The smallest absolute Gasteiger partial charge is 0.126 e. The van der Waals surface area contributed by atoms with E-state index in [1.165, 1.54) is 16.3 Å². The molecule has 0 radical (unpaired) electrons. The van der Waals surface area contributed by atoms with Gasteiger partial charge >= 0.3 is 0 Å². The topological polar surface area (TPSA) is 43.8 Å². The summed E-state index contributed by atoms with van der Waals surface area (Å²) in [6, 6.07) is 23.1. The van der Waals surface area contributed by atoms with Crippen molar-refractivity contribution in [2.45, 2.75) is 19.5 Å². The van der Waals surface area contributed by atoms with Crippen LogP contribution < -0.4 is 5.73 Å². The minimum Gasteiger partial charge on any atom is -0.322 e. The molecular weight excluding hydrogens is 282 g/mol. The molecule has 0 aliphatic rings. The molecule has 3 heteroatoms. The molecule has 2 N–H and O–H groups in total. The summed E-state index contributed by atoms with van der Waals surface area (Å²) in [6.07, 6.45) is 0. The van der Waals surface area contributed by atoms with Crippen LogP contribution in [0.4, 0.5) is 0 Å². The predicted molar refractivity (Wildman–Crippen MR) is 95.4 cm³/mol. The highest BCUT2D eigenvalue weighted by Crippen LogP contribution is 2.23. The minimum atomic E-state index is -0.0946. The van der Waals surface area contributed by atoms with Crippen LogP contribution in [0, 0.1) is 0 Å². The predicted octanol–water partition coefficient (Wildman–Crippen LogP) is 4.26. The van der Waals surface area contributed by atoms with E-state index in [1.54, 1.807) is 0 Å². The van der Waals surface area contributed by atoms with Gasteiger partial charge in [0.05, 0.1) is 17.1 Å². The SMILES string of the molecule is CC(N)c1nc2ccccc2n1Cc1ccc2ccccc2c1. The maximum atomic E-state index is 6.14. The molecule has 4 rings (SSSR count). The van der Waals surface area contributed by atoms with Gasteiger partial charge in [0.2, 0.25) is 0 Å². The summed E-state index contributed by atoms with van der Waals surface area (Å²) in [6.45, 7) is 2.76. The fraction of sp³-hybridized carbons (Fsp3) is 0.150. The van der Waals surface area contributed by atoms with E-state index in [9.17, 15) is 0 Å². The van der Waals surface area contributed by atoms with Crippen LogP contribution in [0.5, 0.6) is 0 Å². The van der Waals surface area contributed by atoms with Crippen LogP contribution in [0.1, 0.15) is 24.4 Å². The molecule has 23 heavy (non-hydrogen) atoms. The van der Waals surface area contributed by atoms with Gasteiger partial charge in [-0.2, -0.15) is 0 Å². The Bertz CT molecular complexity index is 982. The summed E-state index contributed by atoms with van der Waals surface area (Å²) < 4.78 is 2.23. The molecule has 0 spiro atoms. The van der Waals surface area contributed by atoms with E-state index >= 15 is 0 Å². The van der Waals surface area contributed by atoms with Crippen molar-refractivity contribution in [2.75, 3.05) is 0 Å². The zero-order valence-electron chi connectivity index (χ0n) is 13.1. The van der Waals surface area contributed by atoms with E-state index in [0.717, 1.165) is 23.4 Å². The molecule has 0 aliphatic carbocycles. The lowest BCUT2D eigenvalue weighted by Gasteiger charge is -2.12. The summed E-state index contributed by atoms with van der Waals surface area (Å²) in [4.78, 5) is 4.71. The van der Waals surface area contributed by atoms with Crippen LogP contribution in [-0.2, 0) is 6.54 Å². The molecule has 0 amide bonds. The Labute approximate surface area is 135 Å². The molecule has 4 aromatic rings. The lowest BCUT2D eigenvalue weighted by Crippen LogP contribution is -2.14. The number of benzene rings is 3. The van der Waals surface area contributed by atoms with Gasteiger partial charge in [-0.15, -0.1) is 0 Å². The normalized spacial score (nSPS) is 12.8. The highest BCUT2D eigenvalue weighted by molar-refractivity contribution is 5.83. The Morgan fingerprint density at radius 2 is 1.70 bits per heavy atom. The number of imidazole rings is 1. The summed E-state index contributed by atoms with van der Waals surface area (Å²) in [5.41, 5.74) is 9.53. The summed E-state index contributed by atoms with van der Waals surface area (Å²) in [5, 5.41) is 2.52. The van der Waals surface area contributed by atoms with Crippen molar-refractivity contribution < 1.29 is 0 Å². The number of hydrogen-bond donors (Lipinski definition) is 1. The summed E-state index contributed by atoms with van der Waals surface area (Å²) in [7, 11) is 0. The van der Waals surface area contributed by atoms with E-state index in [1.807, 2.05) is 25.1 Å². The lowest BCUT2D eigenvalue weighted by molar-refractivity contribution is 0.664. The maximum Gasteiger partial charge on any atom is 0.126 e. The molecule has 0 aliphatic heterocycles. The molecule has 1 aromatic heterocycles. The lowest BCUT2D eigenvalue weighted by atomic mass is 10.1. The molecule has 0 bridgehead atoms. The van der Waals surface area contributed by atoms with Crippen molar-refractivity contribution >= 4 is 21.8 Å². The second-order valence-electron chi connectivity index (χ2n) is 6.02. The molecular formula is C20H19N3. The largest absolute Gasteiger partial charge is 0.322 e. The minimum absolute atomic E-state index is 0.0946. The average Bonchev–Trinajstić information content (AvgIpc) is 2.94. The molecule has 3 nitrogen and oxygen atoms in total. The first-order valence-corrected chi connectivity index (χ1v) is 7.91. The zero-order chi connectivity index (χ0) is 15.8. The first-order valence-electron chi connectivity index (χ1n) is 7.91. The maximum absolute atomic E-state index is 6.14. The Morgan fingerprint density at radius 1 is 0.957 bits per heavy atom. The van der Waals surface area contributed by atoms with Crippen molar-refractivity contribution in [3.05, 3.63) is 78.1 Å². The van der Waals surface area contributed by atoms with Crippen LogP contribution >= 0.6 is 0 Å². The van der Waals surface area contributed by atoms with E-state index in [4.69, 9.17) is 10.7 Å². The molecule has 0 fully saturated rings. The van der Waals surface area contributed by atoms with Gasteiger partial charge < -0.3 is 10.3 Å². The van der Waals surface area contributed by atoms with Crippen molar-refractivity contribution in [1.82, 2.24) is 9.55 Å². The van der Waals surface area contributed by atoms with E-state index in [-0.39, 0.29) is 6.04 Å². The molecule has 1 heterocycles. The van der Waals surface area contributed by atoms with Crippen molar-refractivity contribution in [3.8, 4) is 0 Å². The van der Waals surface area contributed by atoms with Crippen molar-refractivity contribution in [3.63, 3.8) is 0 Å². The van der Waals surface area contributed by atoms with Gasteiger partial charge in [0, 0.05) is 6.54 Å². The Kier molecular flexibility index (Phi) is 3.36. The molecule has 1 unspecified atom stereocenters. The standard InChI is InChI=1S/C20H19N3/c1-14(21)20-22-18-8-4-5-9-19(18)23(20)13-15-10-11-16-6-2-3-7-17(16)12-15/h2-12,14H,13,21H2,1H3. The molecule has 3 aromatic carbocycles. The monoisotopic (exact) mass is 301 g/mol. The Morgan fingerprint density at radius 3 is 2.52 bits per heavy atom. The van der Waals surface area contributed by atoms with E-state index < -0.39 is 0 Å². The molecule has 0 saturated heterocycles. The molecule has 0 saturated carbocycles. The zero-order valence-corrected chi connectivity index (χ0v) is 13.1. The fourth-order valence-corrected chi connectivity index (χ4v) is 3.13. The number of aromatic nitrogens is 2. The number of rotatable bonds is 3. The number of para-hydroxylation sites is 2. The average molecular weight is 301 g/mol. The first-order chi connectivity index (χ1) is 11.2. The summed E-state index contributed by atoms with van der Waals surface area (Å²) >= 11 is 0. The third kappa shape index (κ3) is 2.49. The van der Waals surface area contributed by atoms with E-state index in [0.29, 0.717) is 0 Å². The van der Waals surface area contributed by atoms with Crippen LogP contribution in [0.25, 0.3) is 21.8 Å². The van der Waals surface area contributed by atoms with Gasteiger partial charge in [-0.05, 0) is 41.5 Å². The van der Waals surface area contributed by atoms with Gasteiger partial charge in [0.15, 0.2) is 0 Å². The second-order valence-corrected chi connectivity index (χ2v) is 6.02. The van der Waals surface area contributed by atoms with Gasteiger partial charge in [0.1, 0.15) is 5.82 Å². The third-order valence-electron chi connectivity index (χ3n) is 4.25. The van der Waals surface area contributed by atoms with Crippen LogP contribution in [0.15, 0.2) is 66.7 Å². The number of nitrogens with zero attached hydrogens (tertiary/aromatic N) is 2. The highest BCUT2D eigenvalue weighted by atomic mass is 15.1. The van der Waals surface area contributed by atoms with Crippen molar-refractivity contribution in [1.29, 1.82) is 0 Å². The highest BCUT2D eigenvalue weighted by Gasteiger charge is 2.13. The quantitative estimate of drug-likeness (QED) is 0.614. The van der Waals surface area contributed by atoms with Gasteiger partial charge in [-0.25, -0.2) is 4.98 Å². The second kappa shape index (κ2) is 5.52. The fourth-order valence-electron chi connectivity index (χ4n) is 3.13. The third-order valence-corrected chi connectivity index (χ3v) is 4.25. The van der Waals surface area contributed by atoms with E-state index in [2.05, 4.69) is 53.1 Å². The van der Waals surface area contributed by atoms with Crippen LogP contribution in [0.3, 0.4) is 0 Å². The van der Waals surface area contributed by atoms with Crippen molar-refractivity contribution in [2.24, 2.45) is 5.73 Å². The number of fused-ring (bicyclic) bond motifs is 2. The number of nitrogens with two attached hydrogens (primary N) is 1. The first kappa shape index (κ1) is 14.0. The summed E-state index contributed by atoms with van der Waals surface area (Å²) in [5.74, 6) is 0.930. The number of hydrogen-bond acceptors (Lipinski definition) is 2. The van der Waals surface area contributed by atoms with Gasteiger partial charge in [-0.3, -0.25) is 0 Å².